The van der Waals surface area contributed by atoms with E-state index in [0.717, 1.165) is 25.9 Å². The Kier molecular flexibility index (Phi) is 6.50. The zero-order valence-corrected chi connectivity index (χ0v) is 18.4. The van der Waals surface area contributed by atoms with Gasteiger partial charge in [-0.15, -0.1) is 0 Å². The van der Waals surface area contributed by atoms with Crippen molar-refractivity contribution in [2.75, 3.05) is 40.4 Å². The molecule has 1 saturated heterocycles. The summed E-state index contributed by atoms with van der Waals surface area (Å²) in [6.07, 6.45) is 4.86. The highest BCUT2D eigenvalue weighted by atomic mass is 16.5. The number of hydrogen-bond acceptors (Lipinski definition) is 7. The van der Waals surface area contributed by atoms with Crippen LogP contribution in [0.1, 0.15) is 41.4 Å². The van der Waals surface area contributed by atoms with Crippen LogP contribution in [-0.2, 0) is 4.79 Å². The average molecular weight is 440 g/mol. The van der Waals surface area contributed by atoms with E-state index in [4.69, 9.17) is 13.9 Å². The van der Waals surface area contributed by atoms with Gasteiger partial charge in [0.25, 0.3) is 5.91 Å². The van der Waals surface area contributed by atoms with Crippen LogP contribution in [0.15, 0.2) is 52.3 Å². The molecule has 0 radical (unpaired) electrons. The van der Waals surface area contributed by atoms with Crippen LogP contribution in [0.25, 0.3) is 0 Å². The second kappa shape index (κ2) is 9.48. The second-order valence-corrected chi connectivity index (χ2v) is 7.95. The molecule has 0 saturated carbocycles. The number of ketones is 1. The molecule has 0 aliphatic carbocycles. The predicted octanol–water partition coefficient (Wildman–Crippen LogP) is 3.36. The van der Waals surface area contributed by atoms with E-state index >= 15 is 0 Å². The number of piperidine rings is 1. The molecule has 1 amide bonds. The molecule has 1 aromatic carbocycles. The molecule has 1 fully saturated rings. The number of ether oxygens (including phenoxy) is 2. The van der Waals surface area contributed by atoms with Crippen LogP contribution in [0.4, 0.5) is 0 Å². The second-order valence-electron chi connectivity index (χ2n) is 7.95. The van der Waals surface area contributed by atoms with Gasteiger partial charge in [-0.3, -0.25) is 9.59 Å². The summed E-state index contributed by atoms with van der Waals surface area (Å²) >= 11 is 0. The van der Waals surface area contributed by atoms with Gasteiger partial charge in [-0.2, -0.15) is 0 Å². The van der Waals surface area contributed by atoms with Crippen LogP contribution in [0.3, 0.4) is 0 Å². The van der Waals surface area contributed by atoms with Crippen molar-refractivity contribution in [2.24, 2.45) is 0 Å². The van der Waals surface area contributed by atoms with Gasteiger partial charge in [0.15, 0.2) is 23.0 Å². The van der Waals surface area contributed by atoms with Crippen molar-refractivity contribution in [2.45, 2.75) is 25.3 Å². The highest BCUT2D eigenvalue weighted by Gasteiger charge is 2.45. The van der Waals surface area contributed by atoms with Gasteiger partial charge in [-0.25, -0.2) is 0 Å². The van der Waals surface area contributed by atoms with Crippen molar-refractivity contribution < 1.29 is 28.6 Å². The molecule has 1 unspecified atom stereocenters. The Bertz CT molecular complexity index is 1010. The Balaban J connectivity index is 1.75. The molecule has 2 aliphatic rings. The van der Waals surface area contributed by atoms with Crippen LogP contribution in [0.5, 0.6) is 11.5 Å². The molecule has 2 aliphatic heterocycles. The molecule has 8 heteroatoms. The van der Waals surface area contributed by atoms with Gasteiger partial charge in [-0.05, 0) is 44.1 Å². The molecule has 0 bridgehead atoms. The number of para-hydroxylation sites is 1. The van der Waals surface area contributed by atoms with Crippen LogP contribution in [0.2, 0.25) is 0 Å². The van der Waals surface area contributed by atoms with Crippen molar-refractivity contribution in [1.82, 2.24) is 9.80 Å². The summed E-state index contributed by atoms with van der Waals surface area (Å²) in [6.45, 7) is 2.98. The smallest absolute Gasteiger partial charge is 0.290 e. The molecule has 170 valence electrons. The number of Topliss-reactive ketones (excluding diaryl/α,β-unsaturated/α-hetero) is 1. The van der Waals surface area contributed by atoms with Gasteiger partial charge in [0.1, 0.15) is 0 Å². The third-order valence-electron chi connectivity index (χ3n) is 6.13. The summed E-state index contributed by atoms with van der Waals surface area (Å²) in [5.41, 5.74) is 0.549. The van der Waals surface area contributed by atoms with Crippen molar-refractivity contribution in [3.8, 4) is 11.5 Å². The summed E-state index contributed by atoms with van der Waals surface area (Å²) in [5, 5.41) is 10.8. The lowest BCUT2D eigenvalue weighted by atomic mass is 9.94. The highest BCUT2D eigenvalue weighted by molar-refractivity contribution is 6.15. The SMILES string of the molecule is COc1cccc(C2C(C(=O)c3ccco3)=C(O)C(=O)N2CCN2CCCCC2)c1OC. The first kappa shape index (κ1) is 22.0. The minimum atomic E-state index is -0.824. The van der Waals surface area contributed by atoms with Gasteiger partial charge in [0.05, 0.1) is 32.1 Å². The minimum Gasteiger partial charge on any atom is -0.503 e. The first-order valence-electron chi connectivity index (χ1n) is 10.8. The maximum atomic E-state index is 13.3. The van der Waals surface area contributed by atoms with Crippen molar-refractivity contribution >= 4 is 11.7 Å². The highest BCUT2D eigenvalue weighted by Crippen LogP contribution is 2.45. The van der Waals surface area contributed by atoms with E-state index in [2.05, 4.69) is 4.90 Å². The van der Waals surface area contributed by atoms with Crippen LogP contribution >= 0.6 is 0 Å². The van der Waals surface area contributed by atoms with E-state index in [1.807, 2.05) is 0 Å². The number of hydrogen-bond donors (Lipinski definition) is 1. The number of aliphatic hydroxyl groups is 1. The molecular formula is C24H28N2O6. The lowest BCUT2D eigenvalue weighted by Crippen LogP contribution is -2.40. The van der Waals surface area contributed by atoms with E-state index in [1.165, 1.54) is 37.9 Å². The largest absolute Gasteiger partial charge is 0.503 e. The van der Waals surface area contributed by atoms with Crippen LogP contribution < -0.4 is 9.47 Å². The normalized spacial score (nSPS) is 19.5. The molecule has 1 N–H and O–H groups in total. The standard InChI is InChI=1S/C24H28N2O6/c1-30-18-9-6-8-16(23(18)31-2)20-19(21(27)17-10-7-15-32-17)22(28)24(29)26(20)14-13-25-11-4-3-5-12-25/h6-10,15,20,28H,3-5,11-14H2,1-2H3. The fraction of sp³-hybridized carbons (Fsp3) is 0.417. The van der Waals surface area contributed by atoms with E-state index < -0.39 is 23.5 Å². The molecule has 8 nitrogen and oxygen atoms in total. The number of methoxy groups -OCH3 is 2. The fourth-order valence-corrected chi connectivity index (χ4v) is 4.54. The first-order valence-corrected chi connectivity index (χ1v) is 10.8. The first-order chi connectivity index (χ1) is 15.6. The molecule has 2 aromatic rings. The lowest BCUT2D eigenvalue weighted by Gasteiger charge is -2.32. The number of aliphatic hydroxyl groups excluding tert-OH is 1. The molecule has 1 atom stereocenters. The third-order valence-corrected chi connectivity index (χ3v) is 6.13. The Morgan fingerprint density at radius 3 is 2.53 bits per heavy atom. The Morgan fingerprint density at radius 1 is 1.09 bits per heavy atom. The van der Waals surface area contributed by atoms with Crippen LogP contribution in [0, 0.1) is 0 Å². The molecule has 3 heterocycles. The monoisotopic (exact) mass is 440 g/mol. The number of carbonyl (C=O) groups excluding carboxylic acids is 2. The molecule has 1 aromatic heterocycles. The quantitative estimate of drug-likeness (QED) is 0.629. The Morgan fingerprint density at radius 2 is 1.88 bits per heavy atom. The number of amides is 1. The van der Waals surface area contributed by atoms with E-state index in [0.29, 0.717) is 30.2 Å². The van der Waals surface area contributed by atoms with Crippen molar-refractivity contribution in [3.05, 3.63) is 59.3 Å². The zero-order valence-electron chi connectivity index (χ0n) is 18.4. The van der Waals surface area contributed by atoms with Crippen molar-refractivity contribution in [3.63, 3.8) is 0 Å². The van der Waals surface area contributed by atoms with E-state index in [1.54, 1.807) is 24.3 Å². The lowest BCUT2D eigenvalue weighted by molar-refractivity contribution is -0.129. The summed E-state index contributed by atoms with van der Waals surface area (Å²) in [6, 6.07) is 7.58. The van der Waals surface area contributed by atoms with E-state index in [-0.39, 0.29) is 11.3 Å². The number of nitrogens with zero attached hydrogens (tertiary/aromatic N) is 2. The number of benzene rings is 1. The zero-order chi connectivity index (χ0) is 22.7. The summed E-state index contributed by atoms with van der Waals surface area (Å²) < 4.78 is 16.3. The van der Waals surface area contributed by atoms with Crippen LogP contribution in [-0.4, -0.2) is 67.0 Å². The number of carbonyl (C=O) groups is 2. The summed E-state index contributed by atoms with van der Waals surface area (Å²) in [5.74, 6) is -0.716. The maximum absolute atomic E-state index is 13.3. The van der Waals surface area contributed by atoms with Gasteiger partial charge in [0.2, 0.25) is 5.78 Å². The van der Waals surface area contributed by atoms with Gasteiger partial charge in [-0.1, -0.05) is 18.6 Å². The van der Waals surface area contributed by atoms with Gasteiger partial charge < -0.3 is 28.8 Å². The summed E-state index contributed by atoms with van der Waals surface area (Å²) in [7, 11) is 3.03. The molecule has 0 spiro atoms. The van der Waals surface area contributed by atoms with Gasteiger partial charge in [0, 0.05) is 18.7 Å². The number of furan rings is 1. The minimum absolute atomic E-state index is 0.0184. The predicted molar refractivity (Wildman–Crippen MR) is 117 cm³/mol. The Labute approximate surface area is 187 Å². The topological polar surface area (TPSA) is 92.5 Å². The van der Waals surface area contributed by atoms with E-state index in [9.17, 15) is 14.7 Å². The number of rotatable bonds is 8. The van der Waals surface area contributed by atoms with Gasteiger partial charge >= 0.3 is 0 Å². The molecular weight excluding hydrogens is 412 g/mol. The number of likely N-dealkylation sites (tertiary alicyclic amines) is 1. The Hall–Kier alpha value is -3.26. The molecule has 32 heavy (non-hydrogen) atoms. The third kappa shape index (κ3) is 3.98. The summed E-state index contributed by atoms with van der Waals surface area (Å²) in [4.78, 5) is 30.3. The average Bonchev–Trinajstić information content (AvgIpc) is 3.45. The maximum Gasteiger partial charge on any atom is 0.290 e. The van der Waals surface area contributed by atoms with Crippen molar-refractivity contribution in [1.29, 1.82) is 0 Å². The fourth-order valence-electron chi connectivity index (χ4n) is 4.54. The molecule has 4 rings (SSSR count).